The Morgan fingerprint density at radius 3 is 2.85 bits per heavy atom. The minimum Gasteiger partial charge on any atom is -0.345 e. The maximum atomic E-state index is 5.91. The lowest BCUT2D eigenvalue weighted by atomic mass is 9.78. The number of nitrogens with zero attached hydrogens (tertiary/aromatic N) is 2. The van der Waals surface area contributed by atoms with Crippen LogP contribution in [-0.4, -0.2) is 17.6 Å². The van der Waals surface area contributed by atoms with Crippen LogP contribution >= 0.6 is 11.3 Å². The molecule has 3 nitrogen and oxygen atoms in total. The van der Waals surface area contributed by atoms with Gasteiger partial charge in [0.2, 0.25) is 0 Å². The zero-order valence-corrected chi connectivity index (χ0v) is 13.4. The Balaban J connectivity index is 1.83. The van der Waals surface area contributed by atoms with Gasteiger partial charge in [-0.25, -0.2) is 4.98 Å². The summed E-state index contributed by atoms with van der Waals surface area (Å²) in [5.74, 6) is 0.914. The molecule has 1 aliphatic carbocycles. The molecule has 3 rings (SSSR count). The molecule has 1 aromatic heterocycles. The van der Waals surface area contributed by atoms with Gasteiger partial charge in [0.25, 0.3) is 0 Å². The topological polar surface area (TPSA) is 42.2 Å². The van der Waals surface area contributed by atoms with Crippen molar-refractivity contribution in [1.82, 2.24) is 4.98 Å². The van der Waals surface area contributed by atoms with E-state index in [1.807, 2.05) is 11.3 Å². The van der Waals surface area contributed by atoms with E-state index < -0.39 is 0 Å². The highest BCUT2D eigenvalue weighted by molar-refractivity contribution is 7.15. The third-order valence-corrected chi connectivity index (χ3v) is 6.09. The predicted octanol–water partition coefficient (Wildman–Crippen LogP) is 3.71. The Hall–Kier alpha value is -0.610. The molecule has 1 aliphatic heterocycles. The first-order valence-corrected chi connectivity index (χ1v) is 9.10. The number of aromatic nitrogens is 1. The van der Waals surface area contributed by atoms with Crippen molar-refractivity contribution in [1.29, 1.82) is 0 Å². The fourth-order valence-corrected chi connectivity index (χ4v) is 5.02. The SMILES string of the molecule is CCCc1nc(N2CCC[C@H]3CCCC[C@H]32)sc1CN. The van der Waals surface area contributed by atoms with Gasteiger partial charge in [-0.15, -0.1) is 11.3 Å². The molecule has 20 heavy (non-hydrogen) atoms. The second kappa shape index (κ2) is 6.44. The smallest absolute Gasteiger partial charge is 0.186 e. The molecular formula is C16H27N3S. The summed E-state index contributed by atoms with van der Waals surface area (Å²) in [7, 11) is 0. The highest BCUT2D eigenvalue weighted by atomic mass is 32.1. The van der Waals surface area contributed by atoms with Crippen molar-refractivity contribution in [2.24, 2.45) is 11.7 Å². The Labute approximate surface area is 126 Å². The Bertz CT molecular complexity index is 441. The van der Waals surface area contributed by atoms with Crippen molar-refractivity contribution in [3.63, 3.8) is 0 Å². The number of anilines is 1. The van der Waals surface area contributed by atoms with E-state index in [1.54, 1.807) is 0 Å². The van der Waals surface area contributed by atoms with Crippen LogP contribution in [0.25, 0.3) is 0 Å². The average Bonchev–Trinajstić information content (AvgIpc) is 2.90. The van der Waals surface area contributed by atoms with Crippen LogP contribution in [0.1, 0.15) is 62.4 Å². The molecule has 0 bridgehead atoms. The quantitative estimate of drug-likeness (QED) is 0.920. The van der Waals surface area contributed by atoms with Crippen LogP contribution in [0, 0.1) is 5.92 Å². The maximum absolute atomic E-state index is 5.91. The van der Waals surface area contributed by atoms with Gasteiger partial charge in [-0.2, -0.15) is 0 Å². The monoisotopic (exact) mass is 293 g/mol. The molecule has 0 unspecified atom stereocenters. The van der Waals surface area contributed by atoms with E-state index >= 15 is 0 Å². The maximum Gasteiger partial charge on any atom is 0.186 e. The van der Waals surface area contributed by atoms with E-state index in [1.165, 1.54) is 60.8 Å². The first kappa shape index (κ1) is 14.3. The highest BCUT2D eigenvalue weighted by Gasteiger charge is 2.34. The highest BCUT2D eigenvalue weighted by Crippen LogP contribution is 2.39. The standard InChI is InChI=1S/C16H27N3S/c1-2-6-13-15(11-17)20-16(18-13)19-10-5-8-12-7-3-4-9-14(12)19/h12,14H,2-11,17H2,1H3/t12-,14-/m1/s1. The van der Waals surface area contributed by atoms with Crippen molar-refractivity contribution >= 4 is 16.5 Å². The van der Waals surface area contributed by atoms with E-state index in [-0.39, 0.29) is 0 Å². The zero-order valence-electron chi connectivity index (χ0n) is 12.6. The molecule has 2 fully saturated rings. The third-order valence-electron chi connectivity index (χ3n) is 4.93. The lowest BCUT2D eigenvalue weighted by Gasteiger charge is -2.44. The summed E-state index contributed by atoms with van der Waals surface area (Å²) in [5.41, 5.74) is 7.16. The number of thiazole rings is 1. The third kappa shape index (κ3) is 2.73. The summed E-state index contributed by atoms with van der Waals surface area (Å²) < 4.78 is 0. The van der Waals surface area contributed by atoms with Crippen LogP contribution in [0.3, 0.4) is 0 Å². The van der Waals surface area contributed by atoms with Crippen LogP contribution in [-0.2, 0) is 13.0 Å². The van der Waals surface area contributed by atoms with Crippen molar-refractivity contribution in [3.8, 4) is 0 Å². The van der Waals surface area contributed by atoms with E-state index in [2.05, 4.69) is 11.8 Å². The molecule has 2 aliphatic rings. The lowest BCUT2D eigenvalue weighted by Crippen LogP contribution is -2.46. The van der Waals surface area contributed by atoms with Gasteiger partial charge in [0, 0.05) is 24.0 Å². The number of hydrogen-bond donors (Lipinski definition) is 1. The minimum absolute atomic E-state index is 0.648. The van der Waals surface area contributed by atoms with Gasteiger partial charge < -0.3 is 10.6 Å². The number of piperidine rings is 1. The number of hydrogen-bond acceptors (Lipinski definition) is 4. The van der Waals surface area contributed by atoms with Crippen LogP contribution in [0.2, 0.25) is 0 Å². The molecule has 0 aromatic carbocycles. The number of nitrogens with two attached hydrogens (primary N) is 1. The Kier molecular flexibility index (Phi) is 4.61. The minimum atomic E-state index is 0.648. The predicted molar refractivity (Wildman–Crippen MR) is 86.3 cm³/mol. The summed E-state index contributed by atoms with van der Waals surface area (Å²) >= 11 is 1.85. The van der Waals surface area contributed by atoms with Gasteiger partial charge in [0.1, 0.15) is 0 Å². The van der Waals surface area contributed by atoms with Gasteiger partial charge in [-0.1, -0.05) is 26.2 Å². The van der Waals surface area contributed by atoms with Crippen molar-refractivity contribution in [3.05, 3.63) is 10.6 Å². The molecular weight excluding hydrogens is 266 g/mol. The average molecular weight is 293 g/mol. The van der Waals surface area contributed by atoms with Crippen LogP contribution < -0.4 is 10.6 Å². The lowest BCUT2D eigenvalue weighted by molar-refractivity contribution is 0.243. The molecule has 1 saturated carbocycles. The van der Waals surface area contributed by atoms with E-state index in [0.29, 0.717) is 6.54 Å². The first-order valence-electron chi connectivity index (χ1n) is 8.28. The van der Waals surface area contributed by atoms with Crippen LogP contribution in [0.5, 0.6) is 0 Å². The molecule has 112 valence electrons. The Morgan fingerprint density at radius 1 is 1.25 bits per heavy atom. The molecule has 0 radical (unpaired) electrons. The van der Waals surface area contributed by atoms with Crippen LogP contribution in [0.15, 0.2) is 0 Å². The summed E-state index contributed by atoms with van der Waals surface area (Å²) in [6.45, 7) is 4.07. The fourth-order valence-electron chi connectivity index (χ4n) is 3.95. The van der Waals surface area contributed by atoms with Crippen molar-refractivity contribution in [2.75, 3.05) is 11.4 Å². The summed E-state index contributed by atoms with van der Waals surface area (Å²) in [6.07, 6.45) is 10.6. The zero-order chi connectivity index (χ0) is 13.9. The van der Waals surface area contributed by atoms with Gasteiger partial charge in [0.05, 0.1) is 5.69 Å². The molecule has 0 amide bonds. The first-order chi connectivity index (χ1) is 9.83. The number of fused-ring (bicyclic) bond motifs is 1. The van der Waals surface area contributed by atoms with Crippen LogP contribution in [0.4, 0.5) is 5.13 Å². The van der Waals surface area contributed by atoms with Gasteiger partial charge in [0.15, 0.2) is 5.13 Å². The number of aryl methyl sites for hydroxylation is 1. The molecule has 1 saturated heterocycles. The van der Waals surface area contributed by atoms with E-state index in [9.17, 15) is 0 Å². The molecule has 2 atom stereocenters. The fraction of sp³-hybridized carbons (Fsp3) is 0.812. The van der Waals surface area contributed by atoms with Gasteiger partial charge >= 0.3 is 0 Å². The summed E-state index contributed by atoms with van der Waals surface area (Å²) in [4.78, 5) is 8.88. The molecule has 2 heterocycles. The molecule has 1 aromatic rings. The van der Waals surface area contributed by atoms with E-state index in [0.717, 1.165) is 24.8 Å². The second-order valence-electron chi connectivity index (χ2n) is 6.27. The Morgan fingerprint density at radius 2 is 2.05 bits per heavy atom. The van der Waals surface area contributed by atoms with Crippen molar-refractivity contribution < 1.29 is 0 Å². The van der Waals surface area contributed by atoms with Crippen molar-refractivity contribution in [2.45, 2.75) is 70.9 Å². The largest absolute Gasteiger partial charge is 0.345 e. The molecule has 2 N–H and O–H groups in total. The molecule has 0 spiro atoms. The summed E-state index contributed by atoms with van der Waals surface area (Å²) in [6, 6.07) is 0.753. The normalized spacial score (nSPS) is 26.6. The molecule has 4 heteroatoms. The van der Waals surface area contributed by atoms with E-state index in [4.69, 9.17) is 10.7 Å². The second-order valence-corrected chi connectivity index (χ2v) is 7.33. The van der Waals surface area contributed by atoms with Gasteiger partial charge in [-0.3, -0.25) is 0 Å². The number of rotatable bonds is 4. The van der Waals surface area contributed by atoms with Gasteiger partial charge in [-0.05, 0) is 38.0 Å². The summed E-state index contributed by atoms with van der Waals surface area (Å²) in [5, 5.41) is 1.26.